The van der Waals surface area contributed by atoms with E-state index in [-0.39, 0.29) is 0 Å². The van der Waals surface area contributed by atoms with Crippen molar-refractivity contribution in [2.24, 2.45) is 5.92 Å². The molecule has 1 saturated carbocycles. The zero-order valence-corrected chi connectivity index (χ0v) is 13.5. The van der Waals surface area contributed by atoms with Crippen LogP contribution in [0.1, 0.15) is 52.9 Å². The van der Waals surface area contributed by atoms with Gasteiger partial charge in [0.05, 0.1) is 6.61 Å². The summed E-state index contributed by atoms with van der Waals surface area (Å²) >= 11 is 0. The Labute approximate surface area is 120 Å². The largest absolute Gasteiger partial charge is 0.383 e. The lowest BCUT2D eigenvalue weighted by Gasteiger charge is -2.32. The second-order valence-corrected chi connectivity index (χ2v) is 6.47. The molecule has 1 unspecified atom stereocenters. The molecule has 0 aromatic carbocycles. The van der Waals surface area contributed by atoms with Gasteiger partial charge in [-0.1, -0.05) is 33.1 Å². The molecular weight excluding hydrogens is 236 g/mol. The van der Waals surface area contributed by atoms with E-state index in [9.17, 15) is 0 Å². The molecule has 0 radical (unpaired) electrons. The van der Waals surface area contributed by atoms with E-state index in [2.05, 4.69) is 31.0 Å². The molecule has 114 valence electrons. The highest BCUT2D eigenvalue weighted by Crippen LogP contribution is 2.17. The molecule has 0 amide bonds. The van der Waals surface area contributed by atoms with Crippen LogP contribution >= 0.6 is 0 Å². The predicted molar refractivity (Wildman–Crippen MR) is 82.6 cm³/mol. The lowest BCUT2D eigenvalue weighted by Crippen LogP contribution is -2.46. The molecule has 0 bridgehead atoms. The Hall–Kier alpha value is -0.120. The van der Waals surface area contributed by atoms with Gasteiger partial charge in [-0.25, -0.2) is 0 Å². The number of ether oxygens (including phenoxy) is 1. The van der Waals surface area contributed by atoms with Gasteiger partial charge in [0, 0.05) is 38.8 Å². The van der Waals surface area contributed by atoms with Crippen molar-refractivity contribution in [2.45, 2.75) is 65.0 Å². The summed E-state index contributed by atoms with van der Waals surface area (Å²) in [6.45, 7) is 11.1. The first-order valence-electron chi connectivity index (χ1n) is 8.09. The van der Waals surface area contributed by atoms with E-state index in [0.29, 0.717) is 12.0 Å². The van der Waals surface area contributed by atoms with Gasteiger partial charge in [-0.15, -0.1) is 0 Å². The highest BCUT2D eigenvalue weighted by Gasteiger charge is 2.18. The van der Waals surface area contributed by atoms with Gasteiger partial charge in [-0.05, 0) is 25.7 Å². The van der Waals surface area contributed by atoms with Crippen molar-refractivity contribution in [3.8, 4) is 0 Å². The highest BCUT2D eigenvalue weighted by atomic mass is 16.5. The topological polar surface area (TPSA) is 24.5 Å². The summed E-state index contributed by atoms with van der Waals surface area (Å²) in [5, 5.41) is 3.77. The number of methoxy groups -OCH3 is 1. The monoisotopic (exact) mass is 270 g/mol. The summed E-state index contributed by atoms with van der Waals surface area (Å²) in [7, 11) is 1.79. The van der Waals surface area contributed by atoms with Gasteiger partial charge in [0.25, 0.3) is 0 Å². The van der Waals surface area contributed by atoms with Gasteiger partial charge in [0.1, 0.15) is 0 Å². The maximum Gasteiger partial charge on any atom is 0.0589 e. The zero-order valence-electron chi connectivity index (χ0n) is 13.5. The molecule has 1 N–H and O–H groups in total. The summed E-state index contributed by atoms with van der Waals surface area (Å²) in [5.41, 5.74) is 0. The maximum atomic E-state index is 5.24. The molecule has 1 fully saturated rings. The van der Waals surface area contributed by atoms with Gasteiger partial charge in [0.15, 0.2) is 0 Å². The van der Waals surface area contributed by atoms with Crippen LogP contribution in [0.4, 0.5) is 0 Å². The zero-order chi connectivity index (χ0) is 14.1. The van der Waals surface area contributed by atoms with Crippen molar-refractivity contribution < 1.29 is 4.74 Å². The van der Waals surface area contributed by atoms with Gasteiger partial charge >= 0.3 is 0 Å². The Morgan fingerprint density at radius 3 is 2.42 bits per heavy atom. The minimum Gasteiger partial charge on any atom is -0.383 e. The Bertz CT molecular complexity index is 215. The van der Waals surface area contributed by atoms with E-state index in [4.69, 9.17) is 4.74 Å². The fourth-order valence-electron chi connectivity index (χ4n) is 2.94. The molecule has 0 spiro atoms. The van der Waals surface area contributed by atoms with Gasteiger partial charge in [-0.2, -0.15) is 0 Å². The minimum atomic E-state index is 0.597. The van der Waals surface area contributed by atoms with Crippen LogP contribution in [-0.2, 0) is 4.74 Å². The van der Waals surface area contributed by atoms with E-state index in [1.165, 1.54) is 32.1 Å². The number of rotatable bonds is 9. The van der Waals surface area contributed by atoms with Crippen molar-refractivity contribution in [1.82, 2.24) is 10.2 Å². The van der Waals surface area contributed by atoms with E-state index in [1.807, 2.05) is 0 Å². The Morgan fingerprint density at radius 2 is 1.84 bits per heavy atom. The first kappa shape index (κ1) is 16.9. The molecule has 1 rings (SSSR count). The highest BCUT2D eigenvalue weighted by molar-refractivity contribution is 4.76. The standard InChI is InChI=1S/C16H34N2O/c1-14(2)13-18(10-11-19-4)15(3)12-17-16-8-6-5-7-9-16/h14-17H,5-13H2,1-4H3. The van der Waals surface area contributed by atoms with Crippen LogP contribution in [0.25, 0.3) is 0 Å². The quantitative estimate of drug-likeness (QED) is 0.697. The molecule has 1 aliphatic rings. The van der Waals surface area contributed by atoms with Crippen molar-refractivity contribution in [3.05, 3.63) is 0 Å². The van der Waals surface area contributed by atoms with Crippen LogP contribution in [0.2, 0.25) is 0 Å². The third-order valence-electron chi connectivity index (χ3n) is 4.11. The van der Waals surface area contributed by atoms with Gasteiger partial charge in [-0.3, -0.25) is 4.90 Å². The van der Waals surface area contributed by atoms with E-state index in [1.54, 1.807) is 7.11 Å². The SMILES string of the molecule is COCCN(CC(C)C)C(C)CNC1CCCCC1. The number of nitrogens with zero attached hydrogens (tertiary/aromatic N) is 1. The smallest absolute Gasteiger partial charge is 0.0589 e. The molecule has 3 heteroatoms. The normalized spacial score (nSPS) is 19.3. The van der Waals surface area contributed by atoms with Gasteiger partial charge < -0.3 is 10.1 Å². The van der Waals surface area contributed by atoms with Crippen LogP contribution in [0, 0.1) is 5.92 Å². The Morgan fingerprint density at radius 1 is 1.16 bits per heavy atom. The van der Waals surface area contributed by atoms with Crippen molar-refractivity contribution in [2.75, 3.05) is 33.4 Å². The summed E-state index contributed by atoms with van der Waals surface area (Å²) < 4.78 is 5.24. The molecular formula is C16H34N2O. The van der Waals surface area contributed by atoms with E-state index < -0.39 is 0 Å². The molecule has 0 aromatic heterocycles. The molecule has 3 nitrogen and oxygen atoms in total. The molecule has 0 aromatic rings. The summed E-state index contributed by atoms with van der Waals surface area (Å²) in [6.07, 6.45) is 6.99. The predicted octanol–water partition coefficient (Wildman–Crippen LogP) is 2.90. The number of hydrogen-bond acceptors (Lipinski definition) is 3. The summed E-state index contributed by atoms with van der Waals surface area (Å²) in [4.78, 5) is 2.56. The minimum absolute atomic E-state index is 0.597. The second-order valence-electron chi connectivity index (χ2n) is 6.47. The lowest BCUT2D eigenvalue weighted by molar-refractivity contribution is 0.112. The lowest BCUT2D eigenvalue weighted by atomic mass is 9.95. The van der Waals surface area contributed by atoms with Crippen molar-refractivity contribution in [1.29, 1.82) is 0 Å². The first-order valence-corrected chi connectivity index (χ1v) is 8.09. The van der Waals surface area contributed by atoms with Crippen molar-refractivity contribution in [3.63, 3.8) is 0 Å². The number of nitrogens with one attached hydrogen (secondary N) is 1. The average molecular weight is 270 g/mol. The number of hydrogen-bond donors (Lipinski definition) is 1. The third kappa shape index (κ3) is 7.28. The average Bonchev–Trinajstić information content (AvgIpc) is 2.41. The van der Waals surface area contributed by atoms with Crippen LogP contribution in [0.5, 0.6) is 0 Å². The molecule has 0 aliphatic heterocycles. The molecule has 1 atom stereocenters. The van der Waals surface area contributed by atoms with Crippen LogP contribution in [0.15, 0.2) is 0 Å². The van der Waals surface area contributed by atoms with Crippen LogP contribution in [0.3, 0.4) is 0 Å². The van der Waals surface area contributed by atoms with Gasteiger partial charge in [0.2, 0.25) is 0 Å². The maximum absolute atomic E-state index is 5.24. The molecule has 19 heavy (non-hydrogen) atoms. The fraction of sp³-hybridized carbons (Fsp3) is 1.00. The Balaban J connectivity index is 2.30. The molecule has 1 aliphatic carbocycles. The molecule has 0 heterocycles. The van der Waals surface area contributed by atoms with Crippen LogP contribution < -0.4 is 5.32 Å². The fourth-order valence-corrected chi connectivity index (χ4v) is 2.94. The third-order valence-corrected chi connectivity index (χ3v) is 4.11. The first-order chi connectivity index (χ1) is 9.13. The van der Waals surface area contributed by atoms with Crippen LogP contribution in [-0.4, -0.2) is 50.3 Å². The molecule has 0 saturated heterocycles. The summed E-state index contributed by atoms with van der Waals surface area (Å²) in [5.74, 6) is 0.717. The second kappa shape index (κ2) is 9.73. The summed E-state index contributed by atoms with van der Waals surface area (Å²) in [6, 6.07) is 1.36. The Kier molecular flexibility index (Phi) is 8.67. The van der Waals surface area contributed by atoms with E-state index in [0.717, 1.165) is 32.3 Å². The van der Waals surface area contributed by atoms with E-state index >= 15 is 0 Å². The van der Waals surface area contributed by atoms with Crippen molar-refractivity contribution >= 4 is 0 Å².